The Balaban J connectivity index is 3.28. The van der Waals surface area contributed by atoms with Crippen LogP contribution in [0.15, 0.2) is 12.1 Å². The molecule has 0 bridgehead atoms. The molecule has 0 aliphatic heterocycles. The molecule has 0 amide bonds. The number of hydrogen-bond acceptors (Lipinski definition) is 5. The van der Waals surface area contributed by atoms with Gasteiger partial charge in [-0.2, -0.15) is 0 Å². The summed E-state index contributed by atoms with van der Waals surface area (Å²) in [5.74, 6) is -1.76. The number of nitro groups is 1. The second kappa shape index (κ2) is 4.14. The third kappa shape index (κ3) is 2.57. The van der Waals surface area contributed by atoms with E-state index < -0.39 is 22.3 Å². The fraction of sp³-hybridized carbons (Fsp3) is 0.125. The molecule has 15 heavy (non-hydrogen) atoms. The number of hydrogen-bond donors (Lipinski definition) is 1. The lowest BCUT2D eigenvalue weighted by molar-refractivity contribution is -0.385. The minimum Gasteiger partial charge on any atom is -0.499 e. The van der Waals surface area contributed by atoms with Crippen molar-refractivity contribution in [1.82, 2.24) is 0 Å². The number of rotatable bonds is 2. The number of esters is 1. The van der Waals surface area contributed by atoms with Gasteiger partial charge in [0.2, 0.25) is 5.75 Å². The number of aromatic hydroxyl groups is 1. The summed E-state index contributed by atoms with van der Waals surface area (Å²) in [6, 6.07) is 2.08. The van der Waals surface area contributed by atoms with Crippen LogP contribution in [0.2, 0.25) is 5.02 Å². The second-order valence-electron chi connectivity index (χ2n) is 2.62. The summed E-state index contributed by atoms with van der Waals surface area (Å²) in [5, 5.41) is 19.8. The van der Waals surface area contributed by atoms with E-state index in [9.17, 15) is 20.0 Å². The zero-order valence-corrected chi connectivity index (χ0v) is 8.32. The number of nitrogens with zero attached hydrogens (tertiary/aromatic N) is 1. The number of carbonyl (C=O) groups is 1. The fourth-order valence-corrected chi connectivity index (χ4v) is 1.13. The third-order valence-electron chi connectivity index (χ3n) is 1.47. The molecule has 1 aromatic carbocycles. The van der Waals surface area contributed by atoms with E-state index in [0.717, 1.165) is 19.1 Å². The van der Waals surface area contributed by atoms with Crippen molar-refractivity contribution in [3.8, 4) is 11.5 Å². The average molecular weight is 232 g/mol. The highest BCUT2D eigenvalue weighted by molar-refractivity contribution is 6.31. The Morgan fingerprint density at radius 2 is 2.20 bits per heavy atom. The highest BCUT2D eigenvalue weighted by Crippen LogP contribution is 2.38. The van der Waals surface area contributed by atoms with Gasteiger partial charge in [-0.15, -0.1) is 0 Å². The molecule has 0 aromatic heterocycles. The van der Waals surface area contributed by atoms with E-state index in [2.05, 4.69) is 4.74 Å². The van der Waals surface area contributed by atoms with Gasteiger partial charge in [0.05, 0.1) is 9.95 Å². The molecule has 1 rings (SSSR count). The molecule has 0 radical (unpaired) electrons. The number of ether oxygens (including phenoxy) is 1. The molecular formula is C8H6ClNO5. The predicted molar refractivity (Wildman–Crippen MR) is 51.1 cm³/mol. The minimum absolute atomic E-state index is 0.00394. The number of phenols is 1. The topological polar surface area (TPSA) is 89.7 Å². The van der Waals surface area contributed by atoms with Gasteiger partial charge in [-0.1, -0.05) is 11.6 Å². The first-order valence-electron chi connectivity index (χ1n) is 3.77. The van der Waals surface area contributed by atoms with Crippen molar-refractivity contribution in [2.75, 3.05) is 0 Å². The first-order chi connectivity index (χ1) is 6.91. The number of halogens is 1. The molecule has 0 saturated heterocycles. The van der Waals surface area contributed by atoms with Crippen LogP contribution < -0.4 is 4.74 Å². The Kier molecular flexibility index (Phi) is 3.11. The van der Waals surface area contributed by atoms with Crippen LogP contribution in [0.5, 0.6) is 11.5 Å². The maximum absolute atomic E-state index is 10.6. The van der Waals surface area contributed by atoms with E-state index in [-0.39, 0.29) is 10.8 Å². The molecule has 80 valence electrons. The lowest BCUT2D eigenvalue weighted by atomic mass is 10.3. The van der Waals surface area contributed by atoms with E-state index in [1.165, 1.54) is 0 Å². The summed E-state index contributed by atoms with van der Waals surface area (Å²) in [4.78, 5) is 20.2. The first-order valence-corrected chi connectivity index (χ1v) is 4.15. The van der Waals surface area contributed by atoms with Gasteiger partial charge in [-0.05, 0) is 0 Å². The summed E-state index contributed by atoms with van der Waals surface area (Å²) in [7, 11) is 0. The number of carbonyl (C=O) groups excluding carboxylic acids is 1. The maximum Gasteiger partial charge on any atom is 0.316 e. The van der Waals surface area contributed by atoms with Gasteiger partial charge >= 0.3 is 11.7 Å². The van der Waals surface area contributed by atoms with Crippen molar-refractivity contribution in [2.45, 2.75) is 6.92 Å². The Morgan fingerprint density at radius 1 is 1.60 bits per heavy atom. The predicted octanol–water partition coefficient (Wildman–Crippen LogP) is 1.88. The normalized spacial score (nSPS) is 9.73. The van der Waals surface area contributed by atoms with E-state index in [1.54, 1.807) is 0 Å². The lowest BCUT2D eigenvalue weighted by Gasteiger charge is -2.04. The van der Waals surface area contributed by atoms with E-state index in [4.69, 9.17) is 11.6 Å². The van der Waals surface area contributed by atoms with Gasteiger partial charge in [0.15, 0.2) is 5.75 Å². The van der Waals surface area contributed by atoms with Crippen LogP contribution in [0.4, 0.5) is 5.69 Å². The Morgan fingerprint density at radius 3 is 2.67 bits per heavy atom. The molecule has 0 heterocycles. The molecular weight excluding hydrogens is 226 g/mol. The molecule has 1 N–H and O–H groups in total. The zero-order valence-electron chi connectivity index (χ0n) is 7.56. The van der Waals surface area contributed by atoms with Gasteiger partial charge < -0.3 is 9.84 Å². The highest BCUT2D eigenvalue weighted by Gasteiger charge is 2.20. The molecule has 0 atom stereocenters. The van der Waals surface area contributed by atoms with Crippen molar-refractivity contribution in [3.63, 3.8) is 0 Å². The van der Waals surface area contributed by atoms with Crippen LogP contribution in [0, 0.1) is 10.1 Å². The largest absolute Gasteiger partial charge is 0.499 e. The Hall–Kier alpha value is -1.82. The van der Waals surface area contributed by atoms with E-state index in [0.29, 0.717) is 0 Å². The van der Waals surface area contributed by atoms with Crippen LogP contribution in [-0.2, 0) is 4.79 Å². The fourth-order valence-electron chi connectivity index (χ4n) is 0.932. The van der Waals surface area contributed by atoms with Crippen molar-refractivity contribution >= 4 is 23.3 Å². The SMILES string of the molecule is CC(=O)Oc1cc(Cl)cc([N+](=O)[O-])c1O. The lowest BCUT2D eigenvalue weighted by Crippen LogP contribution is -2.02. The molecule has 0 unspecified atom stereocenters. The van der Waals surface area contributed by atoms with Crippen LogP contribution >= 0.6 is 11.6 Å². The summed E-state index contributed by atoms with van der Waals surface area (Å²) in [5.41, 5.74) is -0.612. The third-order valence-corrected chi connectivity index (χ3v) is 1.69. The second-order valence-corrected chi connectivity index (χ2v) is 3.06. The first kappa shape index (κ1) is 11.3. The molecule has 0 spiro atoms. The number of phenolic OH excluding ortho intramolecular Hbond substituents is 1. The summed E-state index contributed by atoms with van der Waals surface area (Å²) in [6.07, 6.45) is 0. The number of nitro benzene ring substituents is 1. The van der Waals surface area contributed by atoms with Gasteiger partial charge in [-0.3, -0.25) is 14.9 Å². The van der Waals surface area contributed by atoms with Gasteiger partial charge in [-0.25, -0.2) is 0 Å². The summed E-state index contributed by atoms with van der Waals surface area (Å²) in [6.45, 7) is 1.10. The quantitative estimate of drug-likeness (QED) is 0.363. The van der Waals surface area contributed by atoms with E-state index >= 15 is 0 Å². The molecule has 0 aliphatic rings. The van der Waals surface area contributed by atoms with Crippen molar-refractivity contribution in [2.24, 2.45) is 0 Å². The molecule has 7 heteroatoms. The minimum atomic E-state index is -0.825. The molecule has 1 aromatic rings. The van der Waals surface area contributed by atoms with Crippen LogP contribution in [0.25, 0.3) is 0 Å². The van der Waals surface area contributed by atoms with Gasteiger partial charge in [0.25, 0.3) is 0 Å². The molecule has 6 nitrogen and oxygen atoms in total. The van der Waals surface area contributed by atoms with Gasteiger partial charge in [0, 0.05) is 19.1 Å². The van der Waals surface area contributed by atoms with Crippen molar-refractivity contribution < 1.29 is 19.6 Å². The molecule has 0 aliphatic carbocycles. The monoisotopic (exact) mass is 231 g/mol. The Labute approximate surface area is 89.2 Å². The van der Waals surface area contributed by atoms with Crippen LogP contribution in [0.1, 0.15) is 6.92 Å². The Bertz CT molecular complexity index is 431. The average Bonchev–Trinajstić information content (AvgIpc) is 2.09. The summed E-state index contributed by atoms with van der Waals surface area (Å²) < 4.78 is 4.54. The molecule has 0 fully saturated rings. The standard InChI is InChI=1S/C8H6ClNO5/c1-4(11)15-7-3-5(9)2-6(8(7)12)10(13)14/h2-3,12H,1H3. The van der Waals surface area contributed by atoms with Gasteiger partial charge in [0.1, 0.15) is 0 Å². The zero-order chi connectivity index (χ0) is 11.6. The number of benzene rings is 1. The smallest absolute Gasteiger partial charge is 0.316 e. The maximum atomic E-state index is 10.6. The van der Waals surface area contributed by atoms with Crippen molar-refractivity contribution in [3.05, 3.63) is 27.3 Å². The molecule has 0 saturated carbocycles. The highest BCUT2D eigenvalue weighted by atomic mass is 35.5. The van der Waals surface area contributed by atoms with Crippen molar-refractivity contribution in [1.29, 1.82) is 0 Å². The van der Waals surface area contributed by atoms with Crippen LogP contribution in [-0.4, -0.2) is 16.0 Å². The van der Waals surface area contributed by atoms with Crippen LogP contribution in [0.3, 0.4) is 0 Å². The summed E-state index contributed by atoms with van der Waals surface area (Å²) >= 11 is 5.54. The van der Waals surface area contributed by atoms with E-state index in [1.807, 2.05) is 0 Å².